The first-order chi connectivity index (χ1) is 12.8. The van der Waals surface area contributed by atoms with Gasteiger partial charge >= 0.3 is 0 Å². The van der Waals surface area contributed by atoms with Crippen molar-refractivity contribution in [1.82, 2.24) is 0 Å². The maximum atomic E-state index is 12.2. The Morgan fingerprint density at radius 2 is 1.41 bits per heavy atom. The van der Waals surface area contributed by atoms with Gasteiger partial charge in [-0.3, -0.25) is 0 Å². The molecule has 5 N–H and O–H groups in total. The first kappa shape index (κ1) is 20.3. The third-order valence-corrected chi connectivity index (χ3v) is 11.2. The van der Waals surface area contributed by atoms with E-state index in [1.165, 1.54) is 0 Å². The van der Waals surface area contributed by atoms with Gasteiger partial charge in [-0.05, 0) is 47.0 Å². The van der Waals surface area contributed by atoms with Crippen LogP contribution in [0.1, 0.15) is 46.0 Å². The van der Waals surface area contributed by atoms with Gasteiger partial charge in [0.1, 0.15) is 0 Å². The molecule has 2 aromatic rings. The molecule has 4 heteroatoms. The van der Waals surface area contributed by atoms with Gasteiger partial charge in [0, 0.05) is 12.1 Å². The molecule has 0 aliphatic heterocycles. The van der Waals surface area contributed by atoms with E-state index in [0.29, 0.717) is 5.92 Å². The minimum absolute atomic E-state index is 0.117. The van der Waals surface area contributed by atoms with Gasteiger partial charge in [0.15, 0.2) is 0 Å². The summed E-state index contributed by atoms with van der Waals surface area (Å²) in [6.07, 6.45) is 5.27. The molecule has 0 radical (unpaired) electrons. The number of rotatable bonds is 6. The maximum Gasteiger partial charge on any atom is 0.258 e. The largest absolute Gasteiger partial charge is 0.424 e. The fourth-order valence-electron chi connectivity index (χ4n) is 4.63. The van der Waals surface area contributed by atoms with Crippen LogP contribution in [-0.4, -0.2) is 25.2 Å². The molecule has 3 atom stereocenters. The van der Waals surface area contributed by atoms with Crippen molar-refractivity contribution in [3.63, 3.8) is 0 Å². The first-order valence-corrected chi connectivity index (χ1v) is 12.1. The predicted molar refractivity (Wildman–Crippen MR) is 117 cm³/mol. The molecular weight excluding hydrogens is 348 g/mol. The minimum Gasteiger partial charge on any atom is -0.424 e. The van der Waals surface area contributed by atoms with Crippen LogP contribution in [-0.2, 0) is 0 Å². The Morgan fingerprint density at radius 3 is 1.89 bits per heavy atom. The Hall–Kier alpha value is -1.46. The Balaban J connectivity index is 1.85. The molecule has 146 valence electrons. The van der Waals surface area contributed by atoms with Crippen molar-refractivity contribution < 1.29 is 4.80 Å². The van der Waals surface area contributed by atoms with E-state index in [9.17, 15) is 4.80 Å². The second-order valence-corrected chi connectivity index (χ2v) is 12.8. The van der Waals surface area contributed by atoms with Crippen molar-refractivity contribution in [2.45, 2.75) is 63.1 Å². The van der Waals surface area contributed by atoms with Gasteiger partial charge in [-0.2, -0.15) is 0 Å². The van der Waals surface area contributed by atoms with Gasteiger partial charge in [-0.15, -0.1) is 0 Å². The summed E-state index contributed by atoms with van der Waals surface area (Å²) in [6, 6.07) is 20.8. The Morgan fingerprint density at radius 1 is 0.889 bits per heavy atom. The second-order valence-electron chi connectivity index (χ2n) is 8.87. The fraction of sp³-hybridized carbons (Fsp3) is 0.478. The van der Waals surface area contributed by atoms with Crippen molar-refractivity contribution in [2.75, 3.05) is 0 Å². The van der Waals surface area contributed by atoms with Crippen LogP contribution >= 0.6 is 0 Å². The van der Waals surface area contributed by atoms with E-state index in [0.717, 1.165) is 42.5 Å². The van der Waals surface area contributed by atoms with Gasteiger partial charge in [-0.25, -0.2) is 0 Å². The maximum absolute atomic E-state index is 12.2. The van der Waals surface area contributed by atoms with E-state index in [-0.39, 0.29) is 17.1 Å². The smallest absolute Gasteiger partial charge is 0.258 e. The second kappa shape index (κ2) is 8.27. The number of hydrogen-bond donors (Lipinski definition) is 3. The molecule has 0 spiro atoms. The Labute approximate surface area is 164 Å². The lowest BCUT2D eigenvalue weighted by Crippen LogP contribution is -2.65. The van der Waals surface area contributed by atoms with E-state index in [2.05, 4.69) is 38.1 Å². The van der Waals surface area contributed by atoms with Crippen molar-refractivity contribution in [1.29, 1.82) is 0 Å². The van der Waals surface area contributed by atoms with Gasteiger partial charge in [0.25, 0.3) is 8.32 Å². The fourth-order valence-corrected chi connectivity index (χ4v) is 8.39. The van der Waals surface area contributed by atoms with Crippen LogP contribution in [0, 0.1) is 5.92 Å². The highest BCUT2D eigenvalue weighted by Crippen LogP contribution is 2.42. The van der Waals surface area contributed by atoms with Crippen LogP contribution in [0.15, 0.2) is 60.7 Å². The monoisotopic (exact) mass is 382 g/mol. The lowest BCUT2D eigenvalue weighted by Gasteiger charge is -2.42. The highest BCUT2D eigenvalue weighted by Gasteiger charge is 2.49. The van der Waals surface area contributed by atoms with Gasteiger partial charge in [0.2, 0.25) is 0 Å². The summed E-state index contributed by atoms with van der Waals surface area (Å²) in [4.78, 5) is 12.2. The SMILES string of the molecule is CC(C)(CCC1CC[C@H](N)[C@H](N)C1)[Si](O)(c1ccccc1)c1ccccc1. The zero-order valence-corrected chi connectivity index (χ0v) is 17.6. The zero-order chi connectivity index (χ0) is 19.5. The first-order valence-electron chi connectivity index (χ1n) is 10.2. The van der Waals surface area contributed by atoms with Gasteiger partial charge in [0.05, 0.1) is 0 Å². The highest BCUT2D eigenvalue weighted by atomic mass is 28.4. The molecule has 3 rings (SSSR count). The Bertz CT molecular complexity index is 680. The molecule has 1 saturated carbocycles. The van der Waals surface area contributed by atoms with Gasteiger partial charge in [-0.1, -0.05) is 80.9 Å². The van der Waals surface area contributed by atoms with Crippen LogP contribution in [0.5, 0.6) is 0 Å². The van der Waals surface area contributed by atoms with E-state index in [4.69, 9.17) is 11.5 Å². The molecule has 0 bridgehead atoms. The zero-order valence-electron chi connectivity index (χ0n) is 16.6. The number of benzene rings is 2. The van der Waals surface area contributed by atoms with Crippen molar-refractivity contribution in [3.8, 4) is 0 Å². The van der Waals surface area contributed by atoms with Crippen molar-refractivity contribution >= 4 is 18.7 Å². The molecule has 1 unspecified atom stereocenters. The summed E-state index contributed by atoms with van der Waals surface area (Å²) in [7, 11) is -2.90. The highest BCUT2D eigenvalue weighted by molar-refractivity contribution is 6.98. The van der Waals surface area contributed by atoms with E-state index >= 15 is 0 Å². The van der Waals surface area contributed by atoms with Crippen LogP contribution in [0.3, 0.4) is 0 Å². The standard InChI is InChI=1S/C23H34N2OSi/c1-23(2,16-15-18-13-14-21(24)22(25)17-18)27(26,19-9-5-3-6-10-19)20-11-7-4-8-12-20/h3-12,18,21-22,26H,13-17,24-25H2,1-2H3/t18?,21-,22+/m0/s1. The Kier molecular flexibility index (Phi) is 6.21. The average molecular weight is 383 g/mol. The normalized spacial score (nSPS) is 24.0. The number of hydrogen-bond acceptors (Lipinski definition) is 3. The van der Waals surface area contributed by atoms with Crippen molar-refractivity contribution in [2.24, 2.45) is 17.4 Å². The molecule has 1 aliphatic rings. The molecular formula is C23H34N2OSi. The van der Waals surface area contributed by atoms with Crippen LogP contribution in [0.4, 0.5) is 0 Å². The molecule has 0 aromatic heterocycles. The third kappa shape index (κ3) is 4.19. The molecule has 1 fully saturated rings. The predicted octanol–water partition coefficient (Wildman–Crippen LogP) is 2.75. The molecule has 2 aromatic carbocycles. The molecule has 0 saturated heterocycles. The number of nitrogens with two attached hydrogens (primary N) is 2. The third-order valence-electron chi connectivity index (χ3n) is 6.60. The quantitative estimate of drug-likeness (QED) is 0.673. The topological polar surface area (TPSA) is 72.3 Å². The summed E-state index contributed by atoms with van der Waals surface area (Å²) < 4.78 is 0. The molecule has 0 amide bonds. The lowest BCUT2D eigenvalue weighted by molar-refractivity contribution is 0.263. The minimum atomic E-state index is -2.90. The van der Waals surface area contributed by atoms with Crippen LogP contribution in [0.25, 0.3) is 0 Å². The van der Waals surface area contributed by atoms with Crippen LogP contribution < -0.4 is 21.8 Å². The lowest BCUT2D eigenvalue weighted by atomic mass is 9.80. The van der Waals surface area contributed by atoms with Crippen molar-refractivity contribution in [3.05, 3.63) is 60.7 Å². The van der Waals surface area contributed by atoms with Gasteiger partial charge < -0.3 is 16.3 Å². The molecule has 1 aliphatic carbocycles. The summed E-state index contributed by atoms with van der Waals surface area (Å²) >= 11 is 0. The van der Waals surface area contributed by atoms with E-state index in [1.807, 2.05) is 36.4 Å². The molecule has 27 heavy (non-hydrogen) atoms. The summed E-state index contributed by atoms with van der Waals surface area (Å²) in [6.45, 7) is 4.49. The van der Waals surface area contributed by atoms with E-state index < -0.39 is 8.32 Å². The summed E-state index contributed by atoms with van der Waals surface area (Å²) in [5.74, 6) is 0.615. The average Bonchev–Trinajstić information content (AvgIpc) is 2.69. The molecule has 3 nitrogen and oxygen atoms in total. The summed E-state index contributed by atoms with van der Waals surface area (Å²) in [5.41, 5.74) is 12.3. The van der Waals surface area contributed by atoms with E-state index in [1.54, 1.807) is 0 Å². The molecule has 0 heterocycles. The van der Waals surface area contributed by atoms with Crippen LogP contribution in [0.2, 0.25) is 5.04 Å². The summed E-state index contributed by atoms with van der Waals surface area (Å²) in [5, 5.41) is 1.99.